The van der Waals surface area contributed by atoms with E-state index in [2.05, 4.69) is 28.3 Å². The van der Waals surface area contributed by atoms with Crippen molar-refractivity contribution >= 4 is 27.7 Å². The first-order valence-electron chi connectivity index (χ1n) is 4.88. The van der Waals surface area contributed by atoms with Crippen LogP contribution in [0.15, 0.2) is 22.7 Å². The summed E-state index contributed by atoms with van der Waals surface area (Å²) < 4.78 is 6.71. The topological polar surface area (TPSA) is 35.2 Å². The Bertz CT molecular complexity index is 307. The van der Waals surface area contributed by atoms with Crippen molar-refractivity contribution in [1.29, 1.82) is 0 Å². The lowest BCUT2D eigenvalue weighted by Crippen LogP contribution is -2.04. The van der Waals surface area contributed by atoms with E-state index >= 15 is 0 Å². The lowest BCUT2D eigenvalue weighted by Gasteiger charge is -2.08. The van der Waals surface area contributed by atoms with Gasteiger partial charge in [-0.1, -0.05) is 15.9 Å². The van der Waals surface area contributed by atoms with Crippen LogP contribution < -0.4 is 10.5 Å². The van der Waals surface area contributed by atoms with Crippen molar-refractivity contribution in [3.05, 3.63) is 28.2 Å². The minimum atomic E-state index is 0.660. The third kappa shape index (κ3) is 4.45. The first-order chi connectivity index (χ1) is 7.27. The Kier molecular flexibility index (Phi) is 6.13. The second kappa shape index (κ2) is 7.14. The maximum atomic E-state index is 5.61. The normalized spacial score (nSPS) is 10.3. The molecule has 0 amide bonds. The Hall–Kier alpha value is -0.190. The van der Waals surface area contributed by atoms with Crippen LogP contribution in [0.2, 0.25) is 0 Å². The van der Waals surface area contributed by atoms with Gasteiger partial charge in [-0.3, -0.25) is 0 Å². The van der Waals surface area contributed by atoms with Gasteiger partial charge in [0.25, 0.3) is 0 Å². The number of benzene rings is 1. The van der Waals surface area contributed by atoms with Crippen molar-refractivity contribution in [1.82, 2.24) is 0 Å². The minimum absolute atomic E-state index is 0.660. The van der Waals surface area contributed by atoms with Gasteiger partial charge in [-0.2, -0.15) is 11.8 Å². The SMILES string of the molecule is CSCCOc1ccc(Br)c(CCN)c1. The zero-order valence-corrected chi connectivity index (χ0v) is 11.2. The Labute approximate surface area is 104 Å². The van der Waals surface area contributed by atoms with E-state index in [0.717, 1.165) is 29.0 Å². The van der Waals surface area contributed by atoms with Crippen molar-refractivity contribution in [2.75, 3.05) is 25.2 Å². The van der Waals surface area contributed by atoms with E-state index < -0.39 is 0 Å². The highest BCUT2D eigenvalue weighted by atomic mass is 79.9. The number of hydrogen-bond donors (Lipinski definition) is 1. The highest BCUT2D eigenvalue weighted by Crippen LogP contribution is 2.22. The molecule has 84 valence electrons. The van der Waals surface area contributed by atoms with Gasteiger partial charge >= 0.3 is 0 Å². The summed E-state index contributed by atoms with van der Waals surface area (Å²) in [7, 11) is 0. The van der Waals surface area contributed by atoms with Crippen LogP contribution in [0.1, 0.15) is 5.56 Å². The summed E-state index contributed by atoms with van der Waals surface area (Å²) in [6, 6.07) is 6.04. The molecule has 0 aromatic heterocycles. The van der Waals surface area contributed by atoms with Crippen LogP contribution in [0.5, 0.6) is 5.75 Å². The van der Waals surface area contributed by atoms with Crippen LogP contribution in [0, 0.1) is 0 Å². The van der Waals surface area contributed by atoms with E-state index in [1.807, 2.05) is 12.1 Å². The molecule has 0 aliphatic carbocycles. The number of thioether (sulfide) groups is 1. The minimum Gasteiger partial charge on any atom is -0.493 e. The molecule has 0 fully saturated rings. The standard InChI is InChI=1S/C11H16BrNOS/c1-15-7-6-14-10-2-3-11(12)9(8-10)4-5-13/h2-3,8H,4-7,13H2,1H3. The van der Waals surface area contributed by atoms with Crippen LogP contribution in [0.4, 0.5) is 0 Å². The van der Waals surface area contributed by atoms with Gasteiger partial charge in [-0.05, 0) is 43.0 Å². The number of halogens is 1. The van der Waals surface area contributed by atoms with E-state index in [0.29, 0.717) is 6.54 Å². The van der Waals surface area contributed by atoms with E-state index in [1.165, 1.54) is 5.56 Å². The molecule has 0 unspecified atom stereocenters. The number of rotatable bonds is 6. The van der Waals surface area contributed by atoms with Crippen LogP contribution in [-0.2, 0) is 6.42 Å². The molecule has 1 aromatic rings. The lowest BCUT2D eigenvalue weighted by atomic mass is 10.1. The third-order valence-corrected chi connectivity index (χ3v) is 3.34. The maximum Gasteiger partial charge on any atom is 0.119 e. The van der Waals surface area contributed by atoms with Crippen molar-refractivity contribution < 1.29 is 4.74 Å². The summed E-state index contributed by atoms with van der Waals surface area (Å²) in [5.74, 6) is 1.94. The Morgan fingerprint density at radius 2 is 2.27 bits per heavy atom. The van der Waals surface area contributed by atoms with E-state index in [-0.39, 0.29) is 0 Å². The summed E-state index contributed by atoms with van der Waals surface area (Å²) in [6.07, 6.45) is 2.95. The van der Waals surface area contributed by atoms with Crippen molar-refractivity contribution in [3.8, 4) is 5.75 Å². The van der Waals surface area contributed by atoms with E-state index in [1.54, 1.807) is 11.8 Å². The molecule has 0 atom stereocenters. The second-order valence-corrected chi connectivity index (χ2v) is 4.97. The number of hydrogen-bond acceptors (Lipinski definition) is 3. The fourth-order valence-electron chi connectivity index (χ4n) is 1.23. The molecule has 0 radical (unpaired) electrons. The summed E-state index contributed by atoms with van der Waals surface area (Å²) in [5, 5.41) is 0. The van der Waals surface area contributed by atoms with Crippen molar-refractivity contribution in [2.45, 2.75) is 6.42 Å². The van der Waals surface area contributed by atoms with Gasteiger partial charge in [0.2, 0.25) is 0 Å². The van der Waals surface area contributed by atoms with Gasteiger partial charge in [0, 0.05) is 10.2 Å². The number of nitrogens with two attached hydrogens (primary N) is 1. The highest BCUT2D eigenvalue weighted by molar-refractivity contribution is 9.10. The maximum absolute atomic E-state index is 5.61. The molecule has 0 saturated heterocycles. The monoisotopic (exact) mass is 289 g/mol. The molecule has 2 nitrogen and oxygen atoms in total. The summed E-state index contributed by atoms with van der Waals surface area (Å²) in [5.41, 5.74) is 6.74. The van der Waals surface area contributed by atoms with Crippen LogP contribution >= 0.6 is 27.7 Å². The van der Waals surface area contributed by atoms with Crippen LogP contribution in [0.3, 0.4) is 0 Å². The molecular weight excluding hydrogens is 274 g/mol. The molecule has 1 aromatic carbocycles. The van der Waals surface area contributed by atoms with E-state index in [9.17, 15) is 0 Å². The third-order valence-electron chi connectivity index (χ3n) is 1.99. The van der Waals surface area contributed by atoms with Crippen molar-refractivity contribution in [3.63, 3.8) is 0 Å². The highest BCUT2D eigenvalue weighted by Gasteiger charge is 2.01. The molecule has 0 heterocycles. The average Bonchev–Trinajstić information content (AvgIpc) is 2.23. The predicted molar refractivity (Wildman–Crippen MR) is 70.8 cm³/mol. The first kappa shape index (κ1) is 12.9. The molecule has 4 heteroatoms. The fourth-order valence-corrected chi connectivity index (χ4v) is 1.93. The van der Waals surface area contributed by atoms with Gasteiger partial charge in [0.1, 0.15) is 5.75 Å². The lowest BCUT2D eigenvalue weighted by molar-refractivity contribution is 0.343. The molecule has 2 N–H and O–H groups in total. The smallest absolute Gasteiger partial charge is 0.119 e. The van der Waals surface area contributed by atoms with Gasteiger partial charge in [0.15, 0.2) is 0 Å². The zero-order valence-electron chi connectivity index (χ0n) is 8.83. The fraction of sp³-hybridized carbons (Fsp3) is 0.455. The van der Waals surface area contributed by atoms with Crippen LogP contribution in [-0.4, -0.2) is 25.2 Å². The zero-order chi connectivity index (χ0) is 11.1. The van der Waals surface area contributed by atoms with Gasteiger partial charge < -0.3 is 10.5 Å². The predicted octanol–water partition coefficient (Wildman–Crippen LogP) is 2.69. The molecule has 0 spiro atoms. The Morgan fingerprint density at radius 3 is 2.93 bits per heavy atom. The molecule has 0 saturated carbocycles. The molecule has 0 aliphatic rings. The first-order valence-corrected chi connectivity index (χ1v) is 7.07. The summed E-state index contributed by atoms with van der Waals surface area (Å²) >= 11 is 5.28. The Morgan fingerprint density at radius 1 is 1.47 bits per heavy atom. The average molecular weight is 290 g/mol. The quantitative estimate of drug-likeness (QED) is 0.818. The van der Waals surface area contributed by atoms with Crippen LogP contribution in [0.25, 0.3) is 0 Å². The molecule has 15 heavy (non-hydrogen) atoms. The van der Waals surface area contributed by atoms with Gasteiger partial charge in [-0.25, -0.2) is 0 Å². The van der Waals surface area contributed by atoms with Gasteiger partial charge in [0.05, 0.1) is 6.61 Å². The number of ether oxygens (including phenoxy) is 1. The second-order valence-electron chi connectivity index (χ2n) is 3.13. The molecule has 0 aliphatic heterocycles. The molecule has 1 rings (SSSR count). The van der Waals surface area contributed by atoms with Crippen molar-refractivity contribution in [2.24, 2.45) is 5.73 Å². The van der Waals surface area contributed by atoms with E-state index in [4.69, 9.17) is 10.5 Å². The molecular formula is C11H16BrNOS. The Balaban J connectivity index is 2.61. The van der Waals surface area contributed by atoms with Gasteiger partial charge in [-0.15, -0.1) is 0 Å². The largest absolute Gasteiger partial charge is 0.493 e. The summed E-state index contributed by atoms with van der Waals surface area (Å²) in [6.45, 7) is 1.41. The molecule has 0 bridgehead atoms. The summed E-state index contributed by atoms with van der Waals surface area (Å²) in [4.78, 5) is 0.